The molecule has 1 unspecified atom stereocenters. The van der Waals surface area contributed by atoms with Crippen LogP contribution in [0.4, 0.5) is 0 Å². The van der Waals surface area contributed by atoms with Gasteiger partial charge >= 0.3 is 0 Å². The monoisotopic (exact) mass is 414 g/mol. The summed E-state index contributed by atoms with van der Waals surface area (Å²) < 4.78 is 21.5. The van der Waals surface area contributed by atoms with Crippen molar-refractivity contribution in [3.8, 4) is 23.0 Å². The number of carbonyl (C=O) groups excluding carboxylic acids is 1. The topological polar surface area (TPSA) is 69.3 Å². The van der Waals surface area contributed by atoms with Crippen LogP contribution in [0.1, 0.15) is 30.0 Å². The van der Waals surface area contributed by atoms with Gasteiger partial charge in [0.15, 0.2) is 11.5 Å². The van der Waals surface area contributed by atoms with Crippen LogP contribution in [0.5, 0.6) is 23.0 Å². The van der Waals surface area contributed by atoms with E-state index >= 15 is 0 Å². The van der Waals surface area contributed by atoms with Crippen LogP contribution < -0.4 is 24.3 Å². The third kappa shape index (κ3) is 4.97. The van der Waals surface area contributed by atoms with E-state index in [9.17, 15) is 4.79 Å². The average molecular weight is 415 g/mol. The van der Waals surface area contributed by atoms with Gasteiger partial charge in [0, 0.05) is 18.2 Å². The minimum Gasteiger partial charge on any atom is -0.497 e. The number of methoxy groups -OCH3 is 4. The van der Waals surface area contributed by atoms with Gasteiger partial charge in [0.1, 0.15) is 11.5 Å². The molecule has 0 aliphatic carbocycles. The fraction of sp³-hybridized carbons (Fsp3) is 0.435. The lowest BCUT2D eigenvalue weighted by Gasteiger charge is -2.26. The molecular formula is C23H30N2O5. The number of rotatable bonds is 9. The maximum Gasteiger partial charge on any atom is 0.234 e. The Morgan fingerprint density at radius 1 is 0.967 bits per heavy atom. The van der Waals surface area contributed by atoms with Crippen LogP contribution in [0.2, 0.25) is 0 Å². The summed E-state index contributed by atoms with van der Waals surface area (Å²) in [6, 6.07) is 11.6. The van der Waals surface area contributed by atoms with Gasteiger partial charge in [0.25, 0.3) is 0 Å². The first kappa shape index (κ1) is 21.8. The molecule has 1 fully saturated rings. The molecule has 3 rings (SSSR count). The molecule has 7 nitrogen and oxygen atoms in total. The van der Waals surface area contributed by atoms with Crippen LogP contribution in [0.3, 0.4) is 0 Å². The highest BCUT2D eigenvalue weighted by Crippen LogP contribution is 2.38. The molecule has 1 N–H and O–H groups in total. The van der Waals surface area contributed by atoms with Gasteiger partial charge in [-0.15, -0.1) is 0 Å². The Morgan fingerprint density at radius 2 is 1.70 bits per heavy atom. The molecule has 162 valence electrons. The van der Waals surface area contributed by atoms with Gasteiger partial charge in [0.2, 0.25) is 5.91 Å². The zero-order valence-corrected chi connectivity index (χ0v) is 18.1. The molecule has 1 atom stereocenters. The summed E-state index contributed by atoms with van der Waals surface area (Å²) in [5.74, 6) is 2.90. The number of hydrogen-bond donors (Lipinski definition) is 1. The standard InChI is InChI=1S/C23H30N2O5/c1-27-17-8-10-20(28-2)18(13-17)19-6-5-11-25(19)15-23(26)24-14-16-7-9-21(29-3)22(12-16)30-4/h7-10,12-13,19H,5-6,11,14-15H2,1-4H3,(H,24,26). The molecule has 1 amide bonds. The maximum atomic E-state index is 12.6. The van der Waals surface area contributed by atoms with Crippen LogP contribution in [0.15, 0.2) is 36.4 Å². The Bertz CT molecular complexity index is 871. The van der Waals surface area contributed by atoms with Crippen molar-refractivity contribution >= 4 is 5.91 Å². The quantitative estimate of drug-likeness (QED) is 0.680. The lowest BCUT2D eigenvalue weighted by molar-refractivity contribution is -0.122. The van der Waals surface area contributed by atoms with Gasteiger partial charge < -0.3 is 24.3 Å². The molecule has 0 spiro atoms. The van der Waals surface area contributed by atoms with Gasteiger partial charge in [-0.25, -0.2) is 0 Å². The van der Waals surface area contributed by atoms with Crippen molar-refractivity contribution in [1.29, 1.82) is 0 Å². The molecule has 1 saturated heterocycles. The number of likely N-dealkylation sites (tertiary alicyclic amines) is 1. The fourth-order valence-corrected chi connectivity index (χ4v) is 3.90. The Morgan fingerprint density at radius 3 is 2.40 bits per heavy atom. The van der Waals surface area contributed by atoms with Crippen LogP contribution in [-0.2, 0) is 11.3 Å². The first-order valence-corrected chi connectivity index (χ1v) is 10.0. The third-order valence-electron chi connectivity index (χ3n) is 5.44. The van der Waals surface area contributed by atoms with E-state index in [0.29, 0.717) is 24.6 Å². The number of ether oxygens (including phenoxy) is 4. The van der Waals surface area contributed by atoms with E-state index in [-0.39, 0.29) is 11.9 Å². The van der Waals surface area contributed by atoms with Crippen molar-refractivity contribution < 1.29 is 23.7 Å². The number of amides is 1. The van der Waals surface area contributed by atoms with Gasteiger partial charge in [-0.1, -0.05) is 6.07 Å². The van der Waals surface area contributed by atoms with E-state index < -0.39 is 0 Å². The molecule has 0 aromatic heterocycles. The molecule has 0 radical (unpaired) electrons. The largest absolute Gasteiger partial charge is 0.497 e. The summed E-state index contributed by atoms with van der Waals surface area (Å²) in [7, 11) is 6.52. The lowest BCUT2D eigenvalue weighted by atomic mass is 10.0. The van der Waals surface area contributed by atoms with E-state index in [1.54, 1.807) is 28.4 Å². The van der Waals surface area contributed by atoms with Gasteiger partial charge in [-0.2, -0.15) is 0 Å². The number of benzene rings is 2. The van der Waals surface area contributed by atoms with E-state index in [0.717, 1.165) is 42.0 Å². The summed E-state index contributed by atoms with van der Waals surface area (Å²) in [5.41, 5.74) is 2.01. The zero-order valence-electron chi connectivity index (χ0n) is 18.1. The van der Waals surface area contributed by atoms with Crippen molar-refractivity contribution in [3.63, 3.8) is 0 Å². The zero-order chi connectivity index (χ0) is 21.5. The highest BCUT2D eigenvalue weighted by molar-refractivity contribution is 5.78. The number of nitrogens with one attached hydrogen (secondary N) is 1. The first-order chi connectivity index (χ1) is 14.6. The number of nitrogens with zero attached hydrogens (tertiary/aromatic N) is 1. The van der Waals surface area contributed by atoms with Crippen molar-refractivity contribution in [1.82, 2.24) is 10.2 Å². The molecule has 1 aliphatic heterocycles. The van der Waals surface area contributed by atoms with Crippen molar-refractivity contribution in [3.05, 3.63) is 47.5 Å². The molecule has 0 bridgehead atoms. The Balaban J connectivity index is 1.64. The molecule has 2 aromatic rings. The van der Waals surface area contributed by atoms with Crippen molar-refractivity contribution in [2.24, 2.45) is 0 Å². The van der Waals surface area contributed by atoms with Gasteiger partial charge in [-0.05, 0) is 55.3 Å². The smallest absolute Gasteiger partial charge is 0.234 e. The van der Waals surface area contributed by atoms with Gasteiger partial charge in [-0.3, -0.25) is 9.69 Å². The minimum absolute atomic E-state index is 0.0152. The van der Waals surface area contributed by atoms with Gasteiger partial charge in [0.05, 0.1) is 35.0 Å². The maximum absolute atomic E-state index is 12.6. The summed E-state index contributed by atoms with van der Waals surface area (Å²) >= 11 is 0. The Hall–Kier alpha value is -2.93. The summed E-state index contributed by atoms with van der Waals surface area (Å²) in [5, 5.41) is 3.00. The highest BCUT2D eigenvalue weighted by Gasteiger charge is 2.30. The van der Waals surface area contributed by atoms with E-state index in [2.05, 4.69) is 10.2 Å². The molecule has 7 heteroatoms. The molecule has 1 aliphatic rings. The summed E-state index contributed by atoms with van der Waals surface area (Å²) in [6.07, 6.45) is 2.01. The normalized spacial score (nSPS) is 16.2. The van der Waals surface area contributed by atoms with Crippen molar-refractivity contribution in [2.45, 2.75) is 25.4 Å². The van der Waals surface area contributed by atoms with Crippen LogP contribution in [-0.4, -0.2) is 52.3 Å². The lowest BCUT2D eigenvalue weighted by Crippen LogP contribution is -2.36. The van der Waals surface area contributed by atoms with E-state index in [4.69, 9.17) is 18.9 Å². The highest BCUT2D eigenvalue weighted by atomic mass is 16.5. The molecule has 1 heterocycles. The second-order valence-corrected chi connectivity index (χ2v) is 7.20. The third-order valence-corrected chi connectivity index (χ3v) is 5.44. The van der Waals surface area contributed by atoms with Crippen LogP contribution >= 0.6 is 0 Å². The van der Waals surface area contributed by atoms with E-state index in [1.165, 1.54) is 0 Å². The van der Waals surface area contributed by atoms with E-state index in [1.807, 2.05) is 36.4 Å². The molecule has 30 heavy (non-hydrogen) atoms. The summed E-state index contributed by atoms with van der Waals surface area (Å²) in [6.45, 7) is 1.63. The molecule has 2 aromatic carbocycles. The van der Waals surface area contributed by atoms with Crippen LogP contribution in [0, 0.1) is 0 Å². The number of hydrogen-bond acceptors (Lipinski definition) is 6. The predicted octanol–water partition coefficient (Wildman–Crippen LogP) is 3.17. The Labute approximate surface area is 177 Å². The molecule has 0 saturated carbocycles. The van der Waals surface area contributed by atoms with Crippen LogP contribution in [0.25, 0.3) is 0 Å². The Kier molecular flexibility index (Phi) is 7.41. The number of carbonyl (C=O) groups is 1. The second kappa shape index (κ2) is 10.2. The second-order valence-electron chi connectivity index (χ2n) is 7.20. The molecular weight excluding hydrogens is 384 g/mol. The average Bonchev–Trinajstić information content (AvgIpc) is 3.24. The summed E-state index contributed by atoms with van der Waals surface area (Å²) in [4.78, 5) is 14.8. The SMILES string of the molecule is COc1ccc(OC)c(C2CCCN2CC(=O)NCc2ccc(OC)c(OC)c2)c1. The fourth-order valence-electron chi connectivity index (χ4n) is 3.90. The van der Waals surface area contributed by atoms with Crippen molar-refractivity contribution in [2.75, 3.05) is 41.5 Å². The first-order valence-electron chi connectivity index (χ1n) is 10.0. The minimum atomic E-state index is -0.0152. The predicted molar refractivity (Wildman–Crippen MR) is 114 cm³/mol.